The lowest BCUT2D eigenvalue weighted by Gasteiger charge is -2.19. The molecule has 72 heavy (non-hydrogen) atoms. The molecule has 8 aromatic rings. The fraction of sp³-hybridized carbons (Fsp3) is 0.233. The molecule has 6 aromatic carbocycles. The Balaban J connectivity index is 0.899. The van der Waals surface area contributed by atoms with Crippen LogP contribution in [0.1, 0.15) is 36.8 Å². The largest absolute Gasteiger partial charge is 0.490 e. The summed E-state index contributed by atoms with van der Waals surface area (Å²) in [7, 11) is 0. The first-order valence-corrected chi connectivity index (χ1v) is 24.4. The minimum absolute atomic E-state index is 0.00665. The van der Waals surface area contributed by atoms with Crippen molar-refractivity contribution < 1.29 is 37.4 Å². The predicted octanol–water partition coefficient (Wildman–Crippen LogP) is 10.3. The third-order valence-corrected chi connectivity index (χ3v) is 11.9. The van der Waals surface area contributed by atoms with Crippen LogP contribution in [-0.2, 0) is 31.9 Å². The van der Waals surface area contributed by atoms with E-state index in [2.05, 4.69) is 34.9 Å². The molecule has 2 atom stereocenters. The fourth-order valence-corrected chi connectivity index (χ4v) is 8.13. The van der Waals surface area contributed by atoms with Crippen LogP contribution in [0.2, 0.25) is 0 Å². The average Bonchev–Trinajstić information content (AvgIpc) is 3.41. The maximum absolute atomic E-state index is 13.4. The van der Waals surface area contributed by atoms with Crippen molar-refractivity contribution in [1.29, 1.82) is 0 Å². The summed E-state index contributed by atoms with van der Waals surface area (Å²) in [5.74, 6) is 0.261. The van der Waals surface area contributed by atoms with E-state index < -0.39 is 24.1 Å². The van der Waals surface area contributed by atoms with Crippen LogP contribution in [0.25, 0.3) is 44.6 Å². The highest BCUT2D eigenvalue weighted by molar-refractivity contribution is 5.91. The number of rotatable bonds is 26. The summed E-state index contributed by atoms with van der Waals surface area (Å²) in [5, 5.41) is 7.74. The van der Waals surface area contributed by atoms with Gasteiger partial charge in [0.25, 0.3) is 0 Å². The number of carbonyl (C=O) groups is 2. The Morgan fingerprint density at radius 3 is 1.26 bits per heavy atom. The number of hydrogen-bond donors (Lipinski definition) is 2. The molecule has 368 valence electrons. The number of esters is 2. The van der Waals surface area contributed by atoms with E-state index in [-0.39, 0.29) is 24.1 Å². The van der Waals surface area contributed by atoms with Gasteiger partial charge < -0.3 is 38.4 Å². The van der Waals surface area contributed by atoms with Gasteiger partial charge in [-0.3, -0.25) is 9.59 Å². The Morgan fingerprint density at radius 2 is 0.861 bits per heavy atom. The Hall–Kier alpha value is -8.06. The SMILES string of the molecule is O=C(/C=C\C(=O)OC(CCCNCCc1ccccc1)COc1ccc2c(=O)cc(-c3ccccc3)oc2c1)OC(CCCNCCc1ccccc1)COc1ccc2c(=O)cc(-c3ccccc3)oc2c1. The normalized spacial score (nSPS) is 12.2. The molecule has 0 aliphatic rings. The van der Waals surface area contributed by atoms with Crippen molar-refractivity contribution in [3.8, 4) is 34.1 Å². The van der Waals surface area contributed by atoms with Gasteiger partial charge in [0.05, 0.1) is 10.8 Å². The van der Waals surface area contributed by atoms with Gasteiger partial charge in [0.1, 0.15) is 59.6 Å². The maximum Gasteiger partial charge on any atom is 0.331 e. The summed E-state index contributed by atoms with van der Waals surface area (Å²) in [6.45, 7) is 2.95. The van der Waals surface area contributed by atoms with Crippen LogP contribution in [0.3, 0.4) is 0 Å². The number of benzene rings is 6. The van der Waals surface area contributed by atoms with Gasteiger partial charge in [0, 0.05) is 47.5 Å². The Bertz CT molecular complexity index is 2930. The van der Waals surface area contributed by atoms with E-state index in [0.717, 1.165) is 49.2 Å². The summed E-state index contributed by atoms with van der Waals surface area (Å²) in [6.07, 6.45) is 4.79. The zero-order chi connectivity index (χ0) is 49.7. The van der Waals surface area contributed by atoms with Crippen LogP contribution in [0.5, 0.6) is 11.5 Å². The number of fused-ring (bicyclic) bond motifs is 2. The van der Waals surface area contributed by atoms with E-state index >= 15 is 0 Å². The van der Waals surface area contributed by atoms with E-state index in [9.17, 15) is 19.2 Å². The molecule has 12 nitrogen and oxygen atoms in total. The van der Waals surface area contributed by atoms with E-state index in [1.165, 1.54) is 23.3 Å². The first-order valence-electron chi connectivity index (χ1n) is 24.4. The van der Waals surface area contributed by atoms with Gasteiger partial charge in [-0.05, 0) is 100 Å². The van der Waals surface area contributed by atoms with Crippen molar-refractivity contribution in [2.45, 2.75) is 50.7 Å². The third-order valence-electron chi connectivity index (χ3n) is 11.9. The van der Waals surface area contributed by atoms with Gasteiger partial charge in [-0.1, -0.05) is 121 Å². The van der Waals surface area contributed by atoms with Gasteiger partial charge in [-0.15, -0.1) is 0 Å². The zero-order valence-corrected chi connectivity index (χ0v) is 40.0. The smallest absolute Gasteiger partial charge is 0.331 e. The molecule has 2 N–H and O–H groups in total. The summed E-state index contributed by atoms with van der Waals surface area (Å²) >= 11 is 0. The molecule has 0 spiro atoms. The topological polar surface area (TPSA) is 156 Å². The van der Waals surface area contributed by atoms with Crippen molar-refractivity contribution in [3.05, 3.63) is 214 Å². The van der Waals surface area contributed by atoms with Gasteiger partial charge in [0.2, 0.25) is 0 Å². The molecule has 0 aliphatic heterocycles. The molecule has 0 saturated heterocycles. The molecule has 2 unspecified atom stereocenters. The molecule has 2 aromatic heterocycles. The predicted molar refractivity (Wildman–Crippen MR) is 280 cm³/mol. The van der Waals surface area contributed by atoms with Crippen molar-refractivity contribution in [1.82, 2.24) is 10.6 Å². The number of carbonyl (C=O) groups excluding carboxylic acids is 2. The van der Waals surface area contributed by atoms with Gasteiger partial charge in [0.15, 0.2) is 10.9 Å². The van der Waals surface area contributed by atoms with Crippen LogP contribution in [0.4, 0.5) is 0 Å². The van der Waals surface area contributed by atoms with Crippen LogP contribution >= 0.6 is 0 Å². The molecule has 12 heteroatoms. The maximum atomic E-state index is 13.4. The van der Waals surface area contributed by atoms with E-state index in [1.807, 2.05) is 97.1 Å². The van der Waals surface area contributed by atoms with E-state index in [0.29, 0.717) is 83.7 Å². The molecular weight excluding hydrogens is 909 g/mol. The minimum atomic E-state index is -0.738. The summed E-state index contributed by atoms with van der Waals surface area (Å²) in [4.78, 5) is 52.7. The van der Waals surface area contributed by atoms with Crippen molar-refractivity contribution in [2.24, 2.45) is 0 Å². The Kier molecular flexibility index (Phi) is 18.3. The monoisotopic (exact) mass is 966 g/mol. The second-order valence-electron chi connectivity index (χ2n) is 17.3. The molecule has 0 saturated carbocycles. The highest BCUT2D eigenvalue weighted by Gasteiger charge is 2.19. The van der Waals surface area contributed by atoms with Crippen molar-refractivity contribution in [2.75, 3.05) is 39.4 Å². The zero-order valence-electron chi connectivity index (χ0n) is 40.0. The molecule has 0 amide bonds. The highest BCUT2D eigenvalue weighted by Crippen LogP contribution is 2.27. The summed E-state index contributed by atoms with van der Waals surface area (Å²) in [6, 6.07) is 52.1. The molecule has 8 rings (SSSR count). The quantitative estimate of drug-likeness (QED) is 0.0301. The molecule has 0 radical (unpaired) electrons. The Morgan fingerprint density at radius 1 is 0.472 bits per heavy atom. The molecule has 0 bridgehead atoms. The molecular formula is C60H58N2O10. The fourth-order valence-electron chi connectivity index (χ4n) is 8.13. The standard InChI is InChI=1S/C60H58N2O10/c63-53-39-55(45-19-9-3-10-20-45)71-57-37-47(25-27-51(53)57)67-41-49(23-13-33-61-35-31-43-15-5-1-6-16-43)69-59(65)29-30-60(66)70-50(24-14-34-62-36-32-44-17-7-2-8-18-44)42-68-48-26-28-52-54(64)40-56(72-58(52)38-48)46-21-11-4-12-22-46/h1-12,15-22,25-30,37-40,49-50,61-62H,13-14,23-24,31-36,41-42H2/b30-29-. The lowest BCUT2D eigenvalue weighted by Crippen LogP contribution is -2.27. The van der Waals surface area contributed by atoms with Crippen LogP contribution in [0.15, 0.2) is 200 Å². The number of ether oxygens (including phenoxy) is 4. The Labute approximate surface area is 418 Å². The van der Waals surface area contributed by atoms with Crippen LogP contribution in [0, 0.1) is 0 Å². The van der Waals surface area contributed by atoms with Gasteiger partial charge in [-0.2, -0.15) is 0 Å². The molecule has 2 heterocycles. The van der Waals surface area contributed by atoms with Crippen LogP contribution < -0.4 is 31.0 Å². The van der Waals surface area contributed by atoms with E-state index in [4.69, 9.17) is 27.8 Å². The van der Waals surface area contributed by atoms with Crippen molar-refractivity contribution >= 4 is 33.9 Å². The summed E-state index contributed by atoms with van der Waals surface area (Å²) < 4.78 is 36.4. The second-order valence-corrected chi connectivity index (χ2v) is 17.3. The lowest BCUT2D eigenvalue weighted by atomic mass is 10.1. The van der Waals surface area contributed by atoms with Gasteiger partial charge in [-0.25, -0.2) is 9.59 Å². The number of nitrogens with one attached hydrogen (secondary N) is 2. The number of hydrogen-bond acceptors (Lipinski definition) is 12. The van der Waals surface area contributed by atoms with E-state index in [1.54, 1.807) is 36.4 Å². The first kappa shape index (κ1) is 50.3. The minimum Gasteiger partial charge on any atom is -0.490 e. The second kappa shape index (κ2) is 26.2. The summed E-state index contributed by atoms with van der Waals surface area (Å²) in [5.41, 5.74) is 4.39. The molecule has 0 fully saturated rings. The van der Waals surface area contributed by atoms with Crippen LogP contribution in [-0.4, -0.2) is 63.5 Å². The van der Waals surface area contributed by atoms with Gasteiger partial charge >= 0.3 is 11.9 Å². The average molecular weight is 967 g/mol. The highest BCUT2D eigenvalue weighted by atomic mass is 16.6. The lowest BCUT2D eigenvalue weighted by molar-refractivity contribution is -0.147. The molecule has 0 aliphatic carbocycles. The van der Waals surface area contributed by atoms with Crippen molar-refractivity contribution in [3.63, 3.8) is 0 Å². The third kappa shape index (κ3) is 15.2. The first-order chi connectivity index (χ1) is 35.3.